The average molecular weight is 197 g/mol. The summed E-state index contributed by atoms with van der Waals surface area (Å²) < 4.78 is 1.45. The van der Waals surface area contributed by atoms with Crippen molar-refractivity contribution in [2.75, 3.05) is 0 Å². The minimum atomic E-state index is -0.113. The lowest BCUT2D eigenvalue weighted by atomic mass is 10.4. The normalized spacial score (nSPS) is 10.0. The number of aryl methyl sites for hydroxylation is 2. The predicted octanol–water partition coefficient (Wildman–Crippen LogP) is 0.146. The van der Waals surface area contributed by atoms with Crippen molar-refractivity contribution in [2.45, 2.75) is 20.4 Å². The third-order valence-electron chi connectivity index (χ3n) is 1.64. The second-order valence-corrected chi connectivity index (χ2v) is 3.36. The second kappa shape index (κ2) is 3.66. The van der Waals surface area contributed by atoms with Gasteiger partial charge in [0.2, 0.25) is 0 Å². The molecule has 0 fully saturated rings. The van der Waals surface area contributed by atoms with Crippen LogP contribution in [0.5, 0.6) is 0 Å². The summed E-state index contributed by atoms with van der Waals surface area (Å²) in [5, 5.41) is 0. The highest BCUT2D eigenvalue weighted by atomic mass is 32.1. The zero-order valence-corrected chi connectivity index (χ0v) is 8.39. The number of nitrogens with zero attached hydrogens (tertiary/aromatic N) is 2. The van der Waals surface area contributed by atoms with Crippen molar-refractivity contribution in [1.82, 2.24) is 9.55 Å². The Morgan fingerprint density at radius 2 is 2.31 bits per heavy atom. The lowest BCUT2D eigenvalue weighted by Crippen LogP contribution is -2.29. The van der Waals surface area contributed by atoms with Gasteiger partial charge < -0.3 is 5.73 Å². The van der Waals surface area contributed by atoms with Crippen LogP contribution in [-0.4, -0.2) is 14.5 Å². The molecule has 0 bridgehead atoms. The summed E-state index contributed by atoms with van der Waals surface area (Å²) in [5.74, 6) is 0.637. The van der Waals surface area contributed by atoms with Gasteiger partial charge in [0.1, 0.15) is 5.82 Å². The van der Waals surface area contributed by atoms with Crippen molar-refractivity contribution < 1.29 is 0 Å². The van der Waals surface area contributed by atoms with Gasteiger partial charge in [-0.05, 0) is 13.8 Å². The number of thiocarbonyl (C=S) groups is 1. The van der Waals surface area contributed by atoms with Gasteiger partial charge in [0.25, 0.3) is 5.56 Å². The first-order valence-corrected chi connectivity index (χ1v) is 4.25. The molecule has 1 heterocycles. The standard InChI is InChI=1S/C8H11N3OS/c1-5-3-8(12)11(4-7(9)13)6(2)10-5/h3H,4H2,1-2H3,(H2,9,13). The molecular formula is C8H11N3OS. The van der Waals surface area contributed by atoms with Crippen LogP contribution in [0.1, 0.15) is 11.5 Å². The van der Waals surface area contributed by atoms with Crippen LogP contribution >= 0.6 is 12.2 Å². The topological polar surface area (TPSA) is 60.9 Å². The SMILES string of the molecule is Cc1cc(=O)n(CC(N)=S)c(C)n1. The quantitative estimate of drug-likeness (QED) is 0.685. The summed E-state index contributed by atoms with van der Waals surface area (Å²) in [5.41, 5.74) is 5.94. The summed E-state index contributed by atoms with van der Waals surface area (Å²) in [6.45, 7) is 3.79. The van der Waals surface area contributed by atoms with Gasteiger partial charge in [-0.2, -0.15) is 0 Å². The van der Waals surface area contributed by atoms with E-state index < -0.39 is 0 Å². The van der Waals surface area contributed by atoms with Gasteiger partial charge >= 0.3 is 0 Å². The minimum Gasteiger partial charge on any atom is -0.392 e. The van der Waals surface area contributed by atoms with Crippen LogP contribution in [-0.2, 0) is 6.54 Å². The number of aromatic nitrogens is 2. The molecule has 0 aromatic carbocycles. The van der Waals surface area contributed by atoms with Gasteiger partial charge in [-0.1, -0.05) is 12.2 Å². The molecule has 0 aliphatic rings. The van der Waals surface area contributed by atoms with Gasteiger partial charge in [0, 0.05) is 11.8 Å². The fourth-order valence-electron chi connectivity index (χ4n) is 1.11. The number of hydrogen-bond donors (Lipinski definition) is 1. The van der Waals surface area contributed by atoms with E-state index in [1.807, 2.05) is 0 Å². The van der Waals surface area contributed by atoms with Gasteiger partial charge in [-0.15, -0.1) is 0 Å². The minimum absolute atomic E-state index is 0.113. The van der Waals surface area contributed by atoms with Crippen LogP contribution in [0, 0.1) is 13.8 Å². The molecule has 0 radical (unpaired) electrons. The molecule has 0 unspecified atom stereocenters. The smallest absolute Gasteiger partial charge is 0.254 e. The lowest BCUT2D eigenvalue weighted by molar-refractivity contribution is 0.729. The Hall–Kier alpha value is -1.23. The molecular weight excluding hydrogens is 186 g/mol. The molecule has 70 valence electrons. The van der Waals surface area contributed by atoms with E-state index in [2.05, 4.69) is 4.98 Å². The Bertz CT molecular complexity index is 397. The summed E-state index contributed by atoms with van der Waals surface area (Å²) in [4.78, 5) is 15.8. The van der Waals surface area contributed by atoms with E-state index in [0.717, 1.165) is 0 Å². The maximum Gasteiger partial charge on any atom is 0.254 e. The van der Waals surface area contributed by atoms with Crippen LogP contribution < -0.4 is 11.3 Å². The van der Waals surface area contributed by atoms with Gasteiger partial charge in [-0.25, -0.2) is 4.98 Å². The Labute approximate surface area is 81.4 Å². The highest BCUT2D eigenvalue weighted by Crippen LogP contribution is 1.92. The van der Waals surface area contributed by atoms with Crippen LogP contribution in [0.3, 0.4) is 0 Å². The molecule has 0 saturated heterocycles. The van der Waals surface area contributed by atoms with Crippen molar-refractivity contribution in [3.63, 3.8) is 0 Å². The first kappa shape index (κ1) is 9.85. The lowest BCUT2D eigenvalue weighted by Gasteiger charge is -2.07. The first-order valence-electron chi connectivity index (χ1n) is 3.84. The van der Waals surface area contributed by atoms with Gasteiger partial charge in [0.15, 0.2) is 0 Å². The molecule has 0 spiro atoms. The number of hydrogen-bond acceptors (Lipinski definition) is 3. The Morgan fingerprint density at radius 1 is 1.69 bits per heavy atom. The molecule has 0 amide bonds. The van der Waals surface area contributed by atoms with E-state index in [0.29, 0.717) is 11.5 Å². The second-order valence-electron chi connectivity index (χ2n) is 2.84. The van der Waals surface area contributed by atoms with E-state index in [9.17, 15) is 4.79 Å². The van der Waals surface area contributed by atoms with Crippen LogP contribution in [0.15, 0.2) is 10.9 Å². The molecule has 1 aromatic heterocycles. The molecule has 0 aliphatic carbocycles. The Kier molecular flexibility index (Phi) is 2.77. The van der Waals surface area contributed by atoms with Crippen LogP contribution in [0.25, 0.3) is 0 Å². The van der Waals surface area contributed by atoms with E-state index in [-0.39, 0.29) is 17.1 Å². The average Bonchev–Trinajstić information content (AvgIpc) is 1.96. The molecule has 4 nitrogen and oxygen atoms in total. The number of rotatable bonds is 2. The van der Waals surface area contributed by atoms with Gasteiger partial charge in [0.05, 0.1) is 11.5 Å². The fraction of sp³-hybridized carbons (Fsp3) is 0.375. The third-order valence-corrected chi connectivity index (χ3v) is 1.77. The number of nitrogens with two attached hydrogens (primary N) is 1. The largest absolute Gasteiger partial charge is 0.392 e. The molecule has 0 atom stereocenters. The molecule has 0 saturated carbocycles. The highest BCUT2D eigenvalue weighted by Gasteiger charge is 2.02. The predicted molar refractivity (Wildman–Crippen MR) is 54.8 cm³/mol. The summed E-state index contributed by atoms with van der Waals surface area (Å²) in [6.07, 6.45) is 0. The van der Waals surface area contributed by atoms with Crippen molar-refractivity contribution >= 4 is 17.2 Å². The van der Waals surface area contributed by atoms with Crippen molar-refractivity contribution in [1.29, 1.82) is 0 Å². The zero-order valence-electron chi connectivity index (χ0n) is 7.57. The van der Waals surface area contributed by atoms with E-state index in [1.165, 1.54) is 10.6 Å². The van der Waals surface area contributed by atoms with Crippen molar-refractivity contribution in [3.05, 3.63) is 27.9 Å². The third kappa shape index (κ3) is 2.35. The summed E-state index contributed by atoms with van der Waals surface area (Å²) >= 11 is 4.72. The van der Waals surface area contributed by atoms with E-state index >= 15 is 0 Å². The molecule has 13 heavy (non-hydrogen) atoms. The first-order chi connectivity index (χ1) is 6.00. The van der Waals surface area contributed by atoms with E-state index in [1.54, 1.807) is 13.8 Å². The molecule has 5 heteroatoms. The molecule has 0 aliphatic heterocycles. The molecule has 2 N–H and O–H groups in total. The molecule has 1 aromatic rings. The van der Waals surface area contributed by atoms with Crippen LogP contribution in [0.2, 0.25) is 0 Å². The van der Waals surface area contributed by atoms with Crippen LogP contribution in [0.4, 0.5) is 0 Å². The zero-order chi connectivity index (χ0) is 10.0. The fourth-order valence-corrected chi connectivity index (χ4v) is 1.24. The van der Waals surface area contributed by atoms with Crippen molar-refractivity contribution in [2.24, 2.45) is 5.73 Å². The highest BCUT2D eigenvalue weighted by molar-refractivity contribution is 7.80. The summed E-state index contributed by atoms with van der Waals surface area (Å²) in [7, 11) is 0. The Balaban J connectivity index is 3.21. The van der Waals surface area contributed by atoms with Crippen molar-refractivity contribution in [3.8, 4) is 0 Å². The van der Waals surface area contributed by atoms with Gasteiger partial charge in [-0.3, -0.25) is 9.36 Å². The van der Waals surface area contributed by atoms with E-state index in [4.69, 9.17) is 18.0 Å². The summed E-state index contributed by atoms with van der Waals surface area (Å²) in [6, 6.07) is 1.46. The monoisotopic (exact) mass is 197 g/mol. The molecule has 1 rings (SSSR count). The maximum atomic E-state index is 11.4. The Morgan fingerprint density at radius 3 is 2.77 bits per heavy atom. The maximum absolute atomic E-state index is 11.4.